The summed E-state index contributed by atoms with van der Waals surface area (Å²) in [7, 11) is -3.44. The average Bonchev–Trinajstić information content (AvgIpc) is 3.31. The molecule has 0 radical (unpaired) electrons. The lowest BCUT2D eigenvalue weighted by molar-refractivity contribution is -0.174. The summed E-state index contributed by atoms with van der Waals surface area (Å²) >= 11 is 0. The first-order valence-corrected chi connectivity index (χ1v) is 13.1. The first kappa shape index (κ1) is 23.2. The van der Waals surface area contributed by atoms with E-state index in [1.165, 1.54) is 0 Å². The maximum atomic E-state index is 14.8. The molecule has 3 heterocycles. The Morgan fingerprint density at radius 3 is 2.12 bits per heavy atom. The monoisotopic (exact) mass is 473 g/mol. The number of fused-ring (bicyclic) bond motifs is 1. The van der Waals surface area contributed by atoms with Crippen molar-refractivity contribution in [1.82, 2.24) is 5.32 Å². The van der Waals surface area contributed by atoms with E-state index in [1.54, 1.807) is 0 Å². The minimum atomic E-state index is -3.44. The Balaban J connectivity index is 1.53. The van der Waals surface area contributed by atoms with Gasteiger partial charge in [-0.3, -0.25) is 9.88 Å². The quantitative estimate of drug-likeness (QED) is 0.663. The van der Waals surface area contributed by atoms with Crippen molar-refractivity contribution in [3.05, 3.63) is 66.2 Å². The lowest BCUT2D eigenvalue weighted by Crippen LogP contribution is -2.58. The van der Waals surface area contributed by atoms with Crippen LogP contribution >= 0.6 is 7.37 Å². The fraction of sp³-hybridized carbons (Fsp3) is 0.520. The number of hydrogen-bond donors (Lipinski definition) is 1. The van der Waals surface area contributed by atoms with Crippen molar-refractivity contribution in [3.63, 3.8) is 0 Å². The summed E-state index contributed by atoms with van der Waals surface area (Å²) in [6.45, 7) is 8.34. The van der Waals surface area contributed by atoms with Crippen LogP contribution in [-0.4, -0.2) is 48.4 Å². The number of rotatable bonds is 5. The normalized spacial score (nSPS) is 37.0. The molecule has 5 rings (SSSR count). The molecule has 0 aromatic heterocycles. The predicted octanol–water partition coefficient (Wildman–Crippen LogP) is 3.78. The van der Waals surface area contributed by atoms with Crippen LogP contribution in [-0.2, 0) is 34.6 Å². The second-order valence-electron chi connectivity index (χ2n) is 9.75. The second-order valence-corrected chi connectivity index (χ2v) is 12.2. The molecule has 6 atom stereocenters. The molecule has 0 spiro atoms. The molecule has 0 aliphatic carbocycles. The largest absolute Gasteiger partial charge is 0.348 e. The van der Waals surface area contributed by atoms with E-state index in [0.29, 0.717) is 18.5 Å². The van der Waals surface area contributed by atoms with Gasteiger partial charge in [-0.15, -0.1) is 0 Å². The topological polar surface area (TPSA) is 75.3 Å². The molecule has 3 aliphatic heterocycles. The first-order chi connectivity index (χ1) is 15.7. The van der Waals surface area contributed by atoms with Gasteiger partial charge in [0.05, 0.1) is 6.61 Å². The molecule has 8 heteroatoms. The molecule has 3 saturated heterocycles. The van der Waals surface area contributed by atoms with Crippen LogP contribution in [0.4, 0.5) is 0 Å². The highest BCUT2D eigenvalue weighted by Crippen LogP contribution is 2.60. The minimum absolute atomic E-state index is 0.335. The third-order valence-electron chi connectivity index (χ3n) is 6.31. The third kappa shape index (κ3) is 4.56. The van der Waals surface area contributed by atoms with Crippen molar-refractivity contribution >= 4 is 12.7 Å². The van der Waals surface area contributed by atoms with Gasteiger partial charge in [0, 0.05) is 11.8 Å². The zero-order valence-corrected chi connectivity index (χ0v) is 20.4. The van der Waals surface area contributed by atoms with Crippen LogP contribution in [0, 0.1) is 0 Å². The molecule has 6 unspecified atom stereocenters. The Morgan fingerprint density at radius 1 is 0.848 bits per heavy atom. The van der Waals surface area contributed by atoms with Crippen molar-refractivity contribution in [2.24, 2.45) is 0 Å². The van der Waals surface area contributed by atoms with E-state index in [0.717, 1.165) is 5.56 Å². The predicted molar refractivity (Wildman–Crippen MR) is 124 cm³/mol. The van der Waals surface area contributed by atoms with Gasteiger partial charge in [-0.25, -0.2) is 0 Å². The number of benzene rings is 2. The van der Waals surface area contributed by atoms with Gasteiger partial charge in [-0.2, -0.15) is 0 Å². The summed E-state index contributed by atoms with van der Waals surface area (Å²) in [6, 6.07) is 19.4. The molecule has 1 N–H and O–H groups in total. The van der Waals surface area contributed by atoms with Gasteiger partial charge < -0.3 is 23.5 Å². The first-order valence-electron chi connectivity index (χ1n) is 11.5. The van der Waals surface area contributed by atoms with Crippen LogP contribution < -0.4 is 10.6 Å². The maximum absolute atomic E-state index is 14.8. The molecular formula is C25H32NO6P. The van der Waals surface area contributed by atoms with Gasteiger partial charge in [0.1, 0.15) is 30.2 Å². The summed E-state index contributed by atoms with van der Waals surface area (Å²) in [5.41, 5.74) is 1.09. The Kier molecular flexibility index (Phi) is 6.03. The summed E-state index contributed by atoms with van der Waals surface area (Å²) in [5, 5.41) is 4.14. The summed E-state index contributed by atoms with van der Waals surface area (Å²) in [6.07, 6.45) is -1.96. The SMILES string of the molecule is CC1(C)OCC(C2OP(=O)(c3ccccc3)C(NCc3ccccc3)C3OC(C)(C)OC23)O1. The lowest BCUT2D eigenvalue weighted by atomic mass is 10.0. The van der Waals surface area contributed by atoms with E-state index in [2.05, 4.69) is 5.32 Å². The Labute approximate surface area is 195 Å². The third-order valence-corrected chi connectivity index (χ3v) is 9.10. The molecule has 178 valence electrons. The summed E-state index contributed by atoms with van der Waals surface area (Å²) in [5.74, 6) is -2.17. The van der Waals surface area contributed by atoms with Crippen LogP contribution in [0.25, 0.3) is 0 Å². The highest BCUT2D eigenvalue weighted by atomic mass is 31.2. The molecule has 7 nitrogen and oxygen atoms in total. The molecule has 2 aromatic carbocycles. The van der Waals surface area contributed by atoms with Crippen LogP contribution in [0.15, 0.2) is 60.7 Å². The fourth-order valence-electron chi connectivity index (χ4n) is 4.88. The van der Waals surface area contributed by atoms with E-state index < -0.39 is 49.1 Å². The Hall–Kier alpha value is -1.57. The zero-order chi connectivity index (χ0) is 23.3. The van der Waals surface area contributed by atoms with Gasteiger partial charge in [0.2, 0.25) is 0 Å². The smallest absolute Gasteiger partial charge is 0.251 e. The van der Waals surface area contributed by atoms with E-state index in [1.807, 2.05) is 88.4 Å². The fourth-order valence-corrected chi connectivity index (χ4v) is 7.61. The average molecular weight is 474 g/mol. The maximum Gasteiger partial charge on any atom is 0.251 e. The Morgan fingerprint density at radius 2 is 1.48 bits per heavy atom. The van der Waals surface area contributed by atoms with Gasteiger partial charge in [0.15, 0.2) is 11.6 Å². The van der Waals surface area contributed by atoms with Crippen LogP contribution in [0.3, 0.4) is 0 Å². The van der Waals surface area contributed by atoms with Crippen molar-refractivity contribution in [1.29, 1.82) is 0 Å². The number of ether oxygens (including phenoxy) is 4. The Bertz CT molecular complexity index is 1010. The van der Waals surface area contributed by atoms with E-state index in [-0.39, 0.29) is 0 Å². The number of hydrogen-bond acceptors (Lipinski definition) is 7. The van der Waals surface area contributed by atoms with Crippen molar-refractivity contribution in [3.8, 4) is 0 Å². The molecule has 3 fully saturated rings. The van der Waals surface area contributed by atoms with E-state index in [4.69, 9.17) is 23.5 Å². The second kappa shape index (κ2) is 8.58. The van der Waals surface area contributed by atoms with Gasteiger partial charge in [-0.05, 0) is 45.4 Å². The van der Waals surface area contributed by atoms with Crippen LogP contribution in [0.2, 0.25) is 0 Å². The molecule has 2 aromatic rings. The molecule has 3 aliphatic rings. The van der Waals surface area contributed by atoms with Crippen LogP contribution in [0.5, 0.6) is 0 Å². The number of nitrogens with one attached hydrogen (secondary N) is 1. The summed E-state index contributed by atoms with van der Waals surface area (Å²) < 4.78 is 45.9. The van der Waals surface area contributed by atoms with Crippen LogP contribution in [0.1, 0.15) is 33.3 Å². The molecule has 0 saturated carbocycles. The minimum Gasteiger partial charge on any atom is -0.348 e. The van der Waals surface area contributed by atoms with Crippen molar-refractivity contribution in [2.45, 2.75) is 76.0 Å². The highest BCUT2D eigenvalue weighted by Gasteiger charge is 2.62. The van der Waals surface area contributed by atoms with Crippen molar-refractivity contribution in [2.75, 3.05) is 6.61 Å². The van der Waals surface area contributed by atoms with E-state index in [9.17, 15) is 4.57 Å². The van der Waals surface area contributed by atoms with Gasteiger partial charge in [0.25, 0.3) is 7.37 Å². The molecule has 0 amide bonds. The molecule has 33 heavy (non-hydrogen) atoms. The highest BCUT2D eigenvalue weighted by molar-refractivity contribution is 7.67. The standard InChI is InChI=1S/C25H32NO6P/c1-24(2)28-16-19(29-24)20-21-22(31-25(3,4)30-21)23(26-15-17-11-7-5-8-12-17)33(27,32-20)18-13-9-6-10-14-18/h5-14,19-23,26H,15-16H2,1-4H3. The van der Waals surface area contributed by atoms with Gasteiger partial charge in [-0.1, -0.05) is 48.5 Å². The van der Waals surface area contributed by atoms with Gasteiger partial charge >= 0.3 is 0 Å². The zero-order valence-electron chi connectivity index (χ0n) is 19.5. The van der Waals surface area contributed by atoms with E-state index >= 15 is 0 Å². The van der Waals surface area contributed by atoms with Crippen molar-refractivity contribution < 1.29 is 28.0 Å². The summed E-state index contributed by atoms with van der Waals surface area (Å²) in [4.78, 5) is 0. The molecule has 0 bridgehead atoms. The lowest BCUT2D eigenvalue weighted by Gasteiger charge is -2.44. The molecular weight excluding hydrogens is 441 g/mol.